The Morgan fingerprint density at radius 3 is 2.42 bits per heavy atom. The number of aromatic nitrogens is 1. The molecule has 26 heavy (non-hydrogen) atoms. The number of fused-ring (bicyclic) bond motifs is 1. The van der Waals surface area contributed by atoms with Gasteiger partial charge in [0.05, 0.1) is 19.8 Å². The number of ether oxygens (including phenoxy) is 2. The lowest BCUT2D eigenvalue weighted by Crippen LogP contribution is -2.41. The van der Waals surface area contributed by atoms with Crippen molar-refractivity contribution in [2.45, 2.75) is 19.4 Å². The van der Waals surface area contributed by atoms with E-state index in [2.05, 4.69) is 10.3 Å². The van der Waals surface area contributed by atoms with Crippen molar-refractivity contribution in [2.75, 3.05) is 14.2 Å². The largest absolute Gasteiger partial charge is 0.496 e. The summed E-state index contributed by atoms with van der Waals surface area (Å²) >= 11 is 0. The molecule has 0 saturated carbocycles. The Hall–Kier alpha value is -3.08. The Bertz CT molecular complexity index is 951. The summed E-state index contributed by atoms with van der Waals surface area (Å²) in [7, 11) is 3.17. The Morgan fingerprint density at radius 1 is 1.00 bits per heavy atom. The van der Waals surface area contributed by atoms with Gasteiger partial charge in [0.2, 0.25) is 5.88 Å². The molecule has 0 aliphatic carbocycles. The van der Waals surface area contributed by atoms with E-state index in [1.54, 1.807) is 20.3 Å². The van der Waals surface area contributed by atoms with Crippen molar-refractivity contribution in [1.82, 2.24) is 10.3 Å². The maximum absolute atomic E-state index is 12.9. The minimum Gasteiger partial charge on any atom is -0.496 e. The predicted molar refractivity (Wildman–Crippen MR) is 102 cm³/mol. The van der Waals surface area contributed by atoms with Crippen LogP contribution in [0.25, 0.3) is 10.8 Å². The number of rotatable bonds is 5. The van der Waals surface area contributed by atoms with Crippen molar-refractivity contribution in [3.05, 3.63) is 65.9 Å². The standard InChI is InChI=1S/C21H22N2O3/c1-21(2,16-11-7-8-12-18(16)25-3)23-19(24)17-13-14-9-5-6-10-15(14)20(22-17)26-4/h5-13H,1-4H3,(H,23,24). The summed E-state index contributed by atoms with van der Waals surface area (Å²) in [5, 5.41) is 4.82. The van der Waals surface area contributed by atoms with Gasteiger partial charge in [0.15, 0.2) is 0 Å². The molecule has 1 heterocycles. The van der Waals surface area contributed by atoms with Crippen molar-refractivity contribution in [3.8, 4) is 11.6 Å². The lowest BCUT2D eigenvalue weighted by molar-refractivity contribution is 0.0905. The average molecular weight is 350 g/mol. The summed E-state index contributed by atoms with van der Waals surface area (Å²) in [4.78, 5) is 17.2. The number of carbonyl (C=O) groups is 1. The normalized spacial score (nSPS) is 11.2. The molecule has 1 N–H and O–H groups in total. The highest BCUT2D eigenvalue weighted by molar-refractivity contribution is 5.98. The van der Waals surface area contributed by atoms with E-state index in [4.69, 9.17) is 9.47 Å². The fourth-order valence-corrected chi connectivity index (χ4v) is 3.01. The van der Waals surface area contributed by atoms with Crippen molar-refractivity contribution in [1.29, 1.82) is 0 Å². The van der Waals surface area contributed by atoms with Crippen LogP contribution in [0.2, 0.25) is 0 Å². The van der Waals surface area contributed by atoms with Crippen LogP contribution in [0.3, 0.4) is 0 Å². The van der Waals surface area contributed by atoms with Gasteiger partial charge < -0.3 is 14.8 Å². The molecule has 5 nitrogen and oxygen atoms in total. The van der Waals surface area contributed by atoms with Crippen LogP contribution in [0.1, 0.15) is 29.9 Å². The first kappa shape index (κ1) is 17.7. The minimum absolute atomic E-state index is 0.273. The molecule has 0 saturated heterocycles. The molecule has 134 valence electrons. The minimum atomic E-state index is -0.635. The number of benzene rings is 2. The molecule has 0 bridgehead atoms. The molecule has 1 aromatic heterocycles. The number of hydrogen-bond acceptors (Lipinski definition) is 4. The van der Waals surface area contributed by atoms with E-state index >= 15 is 0 Å². The molecule has 0 radical (unpaired) electrons. The molecule has 2 aromatic carbocycles. The summed E-state index contributed by atoms with van der Waals surface area (Å²) < 4.78 is 10.8. The molecule has 0 fully saturated rings. The molecule has 0 aliphatic heterocycles. The quantitative estimate of drug-likeness (QED) is 0.758. The van der Waals surface area contributed by atoms with Crippen molar-refractivity contribution >= 4 is 16.7 Å². The Morgan fingerprint density at radius 2 is 1.69 bits per heavy atom. The lowest BCUT2D eigenvalue weighted by Gasteiger charge is -2.28. The van der Waals surface area contributed by atoms with Crippen LogP contribution < -0.4 is 14.8 Å². The van der Waals surface area contributed by atoms with Gasteiger partial charge in [-0.25, -0.2) is 4.98 Å². The van der Waals surface area contributed by atoms with Crippen LogP contribution in [-0.4, -0.2) is 25.1 Å². The highest BCUT2D eigenvalue weighted by Gasteiger charge is 2.27. The van der Waals surface area contributed by atoms with Gasteiger partial charge >= 0.3 is 0 Å². The molecule has 0 unspecified atom stereocenters. The molecule has 3 aromatic rings. The number of methoxy groups -OCH3 is 2. The number of carbonyl (C=O) groups excluding carboxylic acids is 1. The van der Waals surface area contributed by atoms with Crippen LogP contribution in [0, 0.1) is 0 Å². The summed E-state index contributed by atoms with van der Waals surface area (Å²) in [5.41, 5.74) is 0.566. The second-order valence-electron chi connectivity index (χ2n) is 6.52. The van der Waals surface area contributed by atoms with Crippen LogP contribution in [0.15, 0.2) is 54.6 Å². The fraction of sp³-hybridized carbons (Fsp3) is 0.238. The highest BCUT2D eigenvalue weighted by Crippen LogP contribution is 2.30. The van der Waals surface area contributed by atoms with E-state index in [0.29, 0.717) is 11.6 Å². The van der Waals surface area contributed by atoms with E-state index in [1.165, 1.54) is 0 Å². The topological polar surface area (TPSA) is 60.5 Å². The zero-order chi connectivity index (χ0) is 18.7. The van der Waals surface area contributed by atoms with Gasteiger partial charge in [-0.2, -0.15) is 0 Å². The maximum Gasteiger partial charge on any atom is 0.270 e. The molecule has 5 heteroatoms. The molecule has 0 aliphatic rings. The molecular formula is C21H22N2O3. The summed E-state index contributed by atoms with van der Waals surface area (Å²) in [6.45, 7) is 3.86. The third kappa shape index (κ3) is 3.33. The van der Waals surface area contributed by atoms with E-state index in [9.17, 15) is 4.79 Å². The first-order chi connectivity index (χ1) is 12.5. The highest BCUT2D eigenvalue weighted by atomic mass is 16.5. The average Bonchev–Trinajstić information content (AvgIpc) is 2.66. The zero-order valence-electron chi connectivity index (χ0n) is 15.4. The van der Waals surface area contributed by atoms with Crippen LogP contribution in [-0.2, 0) is 5.54 Å². The first-order valence-corrected chi connectivity index (χ1v) is 8.36. The van der Waals surface area contributed by atoms with Gasteiger partial charge in [0.1, 0.15) is 11.4 Å². The van der Waals surface area contributed by atoms with Crippen LogP contribution in [0.5, 0.6) is 11.6 Å². The van der Waals surface area contributed by atoms with Gasteiger partial charge in [-0.3, -0.25) is 4.79 Å². The molecular weight excluding hydrogens is 328 g/mol. The third-order valence-corrected chi connectivity index (χ3v) is 4.34. The first-order valence-electron chi connectivity index (χ1n) is 8.36. The number of nitrogens with zero attached hydrogens (tertiary/aromatic N) is 1. The van der Waals surface area contributed by atoms with Gasteiger partial charge in [0.25, 0.3) is 5.91 Å². The third-order valence-electron chi connectivity index (χ3n) is 4.34. The molecule has 3 rings (SSSR count). The van der Waals surface area contributed by atoms with Crippen molar-refractivity contribution in [2.24, 2.45) is 0 Å². The number of hydrogen-bond donors (Lipinski definition) is 1. The predicted octanol–water partition coefficient (Wildman–Crippen LogP) is 3.92. The number of amides is 1. The SMILES string of the molecule is COc1ccccc1C(C)(C)NC(=O)c1cc2ccccc2c(OC)n1. The number of para-hydroxylation sites is 1. The van der Waals surface area contributed by atoms with E-state index < -0.39 is 5.54 Å². The Kier molecular flexibility index (Phi) is 4.80. The van der Waals surface area contributed by atoms with Crippen LogP contribution in [0.4, 0.5) is 0 Å². The van der Waals surface area contributed by atoms with Gasteiger partial charge in [-0.05, 0) is 37.4 Å². The van der Waals surface area contributed by atoms with E-state index in [1.807, 2.05) is 62.4 Å². The summed E-state index contributed by atoms with van der Waals surface area (Å²) in [5.74, 6) is 0.884. The van der Waals surface area contributed by atoms with Gasteiger partial charge in [-0.1, -0.05) is 36.4 Å². The second-order valence-corrected chi connectivity index (χ2v) is 6.52. The van der Waals surface area contributed by atoms with E-state index in [0.717, 1.165) is 22.1 Å². The smallest absolute Gasteiger partial charge is 0.270 e. The van der Waals surface area contributed by atoms with Crippen LogP contribution >= 0.6 is 0 Å². The second kappa shape index (κ2) is 7.04. The molecule has 0 spiro atoms. The molecule has 0 atom stereocenters. The fourth-order valence-electron chi connectivity index (χ4n) is 3.01. The summed E-state index contributed by atoms with van der Waals surface area (Å²) in [6, 6.07) is 17.1. The lowest BCUT2D eigenvalue weighted by atomic mass is 9.93. The van der Waals surface area contributed by atoms with Gasteiger partial charge in [-0.15, -0.1) is 0 Å². The Balaban J connectivity index is 1.96. The number of pyridine rings is 1. The molecule has 1 amide bonds. The monoisotopic (exact) mass is 350 g/mol. The van der Waals surface area contributed by atoms with Gasteiger partial charge in [0, 0.05) is 10.9 Å². The zero-order valence-corrected chi connectivity index (χ0v) is 15.4. The van der Waals surface area contributed by atoms with E-state index in [-0.39, 0.29) is 5.91 Å². The maximum atomic E-state index is 12.9. The van der Waals surface area contributed by atoms with Crippen molar-refractivity contribution in [3.63, 3.8) is 0 Å². The summed E-state index contributed by atoms with van der Waals surface area (Å²) in [6.07, 6.45) is 0. The number of nitrogens with one attached hydrogen (secondary N) is 1. The Labute approximate surface area is 153 Å². The van der Waals surface area contributed by atoms with Crippen molar-refractivity contribution < 1.29 is 14.3 Å².